The van der Waals surface area contributed by atoms with Crippen molar-refractivity contribution in [3.8, 4) is 11.8 Å². The Balaban J connectivity index is 1.78. The fourth-order valence-corrected chi connectivity index (χ4v) is 6.21. The average Bonchev–Trinajstić information content (AvgIpc) is 3.31. The lowest BCUT2D eigenvalue weighted by atomic mass is 9.93. The van der Waals surface area contributed by atoms with Crippen LogP contribution in [0, 0.1) is 11.3 Å². The van der Waals surface area contributed by atoms with Crippen molar-refractivity contribution < 1.29 is 14.3 Å². The third-order valence-electron chi connectivity index (χ3n) is 6.86. The summed E-state index contributed by atoms with van der Waals surface area (Å²) in [5, 5.41) is 13.9. The van der Waals surface area contributed by atoms with Crippen LogP contribution in [0.2, 0.25) is 20.1 Å². The second-order valence-electron chi connectivity index (χ2n) is 11.2. The van der Waals surface area contributed by atoms with Gasteiger partial charge in [-0.2, -0.15) is 5.26 Å². The highest BCUT2D eigenvalue weighted by Crippen LogP contribution is 2.48. The second-order valence-corrected chi connectivity index (χ2v) is 12.9. The van der Waals surface area contributed by atoms with Crippen molar-refractivity contribution in [1.29, 1.82) is 5.26 Å². The van der Waals surface area contributed by atoms with E-state index in [9.17, 15) is 14.9 Å². The Morgan fingerprint density at radius 1 is 1.02 bits per heavy atom. The molecular formula is C31H27Cl4N5O3. The van der Waals surface area contributed by atoms with Crippen molar-refractivity contribution in [3.05, 3.63) is 96.9 Å². The standard InChI is InChI=1S/C31H27Cl4N5O3/c1-31(2,3)43-25-10-17(15-36)4-6-23(25)29-38-27(22-7-5-19(32)14-24(22)35)28(18-11-20(33)13-21(34)12-18)40(29)30(42)39-9-8-37-26(41)16-39/h4-7,10-14,27-28H,8-9,16H2,1-3H3,(H,37,41)/t27-,28+/m0/s1. The molecule has 2 atom stereocenters. The van der Waals surface area contributed by atoms with Crippen LogP contribution in [0.5, 0.6) is 5.75 Å². The number of nitrogens with zero attached hydrogens (tertiary/aromatic N) is 4. The summed E-state index contributed by atoms with van der Waals surface area (Å²) in [6.45, 7) is 6.12. The van der Waals surface area contributed by atoms with Gasteiger partial charge in [-0.05, 0) is 80.4 Å². The number of nitrogens with one attached hydrogen (secondary N) is 1. The zero-order valence-electron chi connectivity index (χ0n) is 23.5. The molecule has 2 aliphatic rings. The molecule has 3 amide bonds. The summed E-state index contributed by atoms with van der Waals surface area (Å²) in [4.78, 5) is 35.0. The van der Waals surface area contributed by atoms with E-state index < -0.39 is 23.7 Å². The molecule has 1 saturated heterocycles. The van der Waals surface area contributed by atoms with Crippen molar-refractivity contribution in [2.75, 3.05) is 19.6 Å². The van der Waals surface area contributed by atoms with Crippen LogP contribution in [0.1, 0.15) is 55.1 Å². The number of halogens is 4. The van der Waals surface area contributed by atoms with Crippen molar-refractivity contribution >= 4 is 64.2 Å². The summed E-state index contributed by atoms with van der Waals surface area (Å²) >= 11 is 25.9. The van der Waals surface area contributed by atoms with Gasteiger partial charge in [0.15, 0.2) is 0 Å². The van der Waals surface area contributed by atoms with Crippen LogP contribution in [0.3, 0.4) is 0 Å². The van der Waals surface area contributed by atoms with Gasteiger partial charge in [0, 0.05) is 33.2 Å². The van der Waals surface area contributed by atoms with Gasteiger partial charge in [-0.15, -0.1) is 0 Å². The second kappa shape index (κ2) is 12.3. The maximum Gasteiger partial charge on any atom is 0.326 e. The molecule has 222 valence electrons. The molecule has 8 nitrogen and oxygen atoms in total. The number of hydrogen-bond acceptors (Lipinski definition) is 5. The summed E-state index contributed by atoms with van der Waals surface area (Å²) < 4.78 is 6.30. The zero-order chi connectivity index (χ0) is 31.1. The highest BCUT2D eigenvalue weighted by atomic mass is 35.5. The first-order chi connectivity index (χ1) is 20.3. The number of hydrogen-bond donors (Lipinski definition) is 1. The van der Waals surface area contributed by atoms with Crippen molar-refractivity contribution in [1.82, 2.24) is 15.1 Å². The minimum Gasteiger partial charge on any atom is -0.487 e. The van der Waals surface area contributed by atoms with Crippen molar-refractivity contribution in [3.63, 3.8) is 0 Å². The van der Waals surface area contributed by atoms with Gasteiger partial charge in [-0.25, -0.2) is 4.79 Å². The number of amides is 3. The fourth-order valence-electron chi connectivity index (χ4n) is 5.15. The first kappa shape index (κ1) is 31.0. The number of aliphatic imine (C=N–C) groups is 1. The minimum atomic E-state index is -0.777. The van der Waals surface area contributed by atoms with E-state index in [1.54, 1.807) is 54.6 Å². The number of urea groups is 1. The molecule has 43 heavy (non-hydrogen) atoms. The molecule has 0 saturated carbocycles. The number of piperazine rings is 1. The van der Waals surface area contributed by atoms with Gasteiger partial charge in [0.25, 0.3) is 0 Å². The van der Waals surface area contributed by atoms with Crippen molar-refractivity contribution in [2.24, 2.45) is 4.99 Å². The number of carbonyl (C=O) groups is 2. The lowest BCUT2D eigenvalue weighted by Gasteiger charge is -2.36. The van der Waals surface area contributed by atoms with Gasteiger partial charge < -0.3 is 15.0 Å². The molecule has 12 heteroatoms. The first-order valence-corrected chi connectivity index (χ1v) is 14.9. The van der Waals surface area contributed by atoms with E-state index in [2.05, 4.69) is 11.4 Å². The van der Waals surface area contributed by atoms with Crippen LogP contribution in [-0.4, -0.2) is 52.8 Å². The van der Waals surface area contributed by atoms with Gasteiger partial charge in [-0.1, -0.05) is 52.5 Å². The zero-order valence-corrected chi connectivity index (χ0v) is 26.5. The summed E-state index contributed by atoms with van der Waals surface area (Å²) in [6.07, 6.45) is 0. The van der Waals surface area contributed by atoms with Gasteiger partial charge in [0.2, 0.25) is 5.91 Å². The smallest absolute Gasteiger partial charge is 0.326 e. The maximum atomic E-state index is 14.5. The largest absolute Gasteiger partial charge is 0.487 e. The predicted molar refractivity (Wildman–Crippen MR) is 168 cm³/mol. The highest BCUT2D eigenvalue weighted by molar-refractivity contribution is 6.35. The Morgan fingerprint density at radius 3 is 2.37 bits per heavy atom. The average molecular weight is 659 g/mol. The Kier molecular flexibility index (Phi) is 8.82. The molecule has 1 N–H and O–H groups in total. The lowest BCUT2D eigenvalue weighted by Crippen LogP contribution is -2.55. The molecule has 0 spiro atoms. The monoisotopic (exact) mass is 657 g/mol. The molecule has 3 aromatic rings. The van der Waals surface area contributed by atoms with Crippen LogP contribution in [0.4, 0.5) is 4.79 Å². The SMILES string of the molecule is CC(C)(C)Oc1cc(C#N)ccc1C1=N[C@@H](c2ccc(Cl)cc2Cl)[C@@H](c2cc(Cl)cc(Cl)c2)N1C(=O)N1CCNC(=O)C1. The molecule has 5 rings (SSSR count). The van der Waals surface area contributed by atoms with Gasteiger partial charge in [0.1, 0.15) is 29.8 Å². The Labute approximate surface area is 269 Å². The summed E-state index contributed by atoms with van der Waals surface area (Å²) in [5.41, 5.74) is 1.44. The number of ether oxygens (including phenoxy) is 1. The molecule has 2 heterocycles. The minimum absolute atomic E-state index is 0.128. The van der Waals surface area contributed by atoms with E-state index in [1.165, 1.54) is 9.80 Å². The van der Waals surface area contributed by atoms with E-state index in [4.69, 9.17) is 56.1 Å². The maximum absolute atomic E-state index is 14.5. The Bertz CT molecular complexity index is 1660. The molecule has 2 aliphatic heterocycles. The molecule has 0 bridgehead atoms. The van der Waals surface area contributed by atoms with E-state index in [1.807, 2.05) is 20.8 Å². The third kappa shape index (κ3) is 6.71. The number of carbonyl (C=O) groups excluding carboxylic acids is 2. The summed E-state index contributed by atoms with van der Waals surface area (Å²) in [7, 11) is 0. The normalized spacial score (nSPS) is 18.7. The van der Waals surface area contributed by atoms with Crippen LogP contribution in [0.15, 0.2) is 59.6 Å². The van der Waals surface area contributed by atoms with E-state index in [0.717, 1.165) is 0 Å². The first-order valence-electron chi connectivity index (χ1n) is 13.4. The van der Waals surface area contributed by atoms with Gasteiger partial charge in [-0.3, -0.25) is 14.7 Å². The fraction of sp³-hybridized carbons (Fsp3) is 0.290. The van der Waals surface area contributed by atoms with E-state index in [0.29, 0.717) is 61.2 Å². The van der Waals surface area contributed by atoms with E-state index in [-0.39, 0.29) is 18.3 Å². The molecule has 0 radical (unpaired) electrons. The molecule has 0 unspecified atom stereocenters. The molecule has 3 aromatic carbocycles. The Hall–Kier alpha value is -3.48. The quantitative estimate of drug-likeness (QED) is 0.315. The number of nitriles is 1. The van der Waals surface area contributed by atoms with Crippen LogP contribution in [0.25, 0.3) is 0 Å². The van der Waals surface area contributed by atoms with Crippen LogP contribution in [-0.2, 0) is 4.79 Å². The molecular weight excluding hydrogens is 632 g/mol. The third-order valence-corrected chi connectivity index (χ3v) is 7.86. The number of benzene rings is 3. The topological polar surface area (TPSA) is 98.0 Å². The number of amidine groups is 1. The van der Waals surface area contributed by atoms with Gasteiger partial charge >= 0.3 is 6.03 Å². The van der Waals surface area contributed by atoms with Crippen LogP contribution >= 0.6 is 46.4 Å². The molecule has 0 aliphatic carbocycles. The van der Waals surface area contributed by atoms with Crippen molar-refractivity contribution in [2.45, 2.75) is 38.5 Å². The van der Waals surface area contributed by atoms with Gasteiger partial charge in [0.05, 0.1) is 23.2 Å². The van der Waals surface area contributed by atoms with Crippen LogP contribution < -0.4 is 10.1 Å². The Morgan fingerprint density at radius 2 is 1.74 bits per heavy atom. The molecule has 0 aromatic heterocycles. The summed E-state index contributed by atoms with van der Waals surface area (Å²) in [5.74, 6) is 0.370. The summed E-state index contributed by atoms with van der Waals surface area (Å²) in [6, 6.07) is 15.3. The number of rotatable bonds is 4. The van der Waals surface area contributed by atoms with E-state index >= 15 is 0 Å². The highest BCUT2D eigenvalue weighted by Gasteiger charge is 2.46. The lowest BCUT2D eigenvalue weighted by molar-refractivity contribution is -0.123. The predicted octanol–water partition coefficient (Wildman–Crippen LogP) is 7.45. The molecule has 1 fully saturated rings.